The summed E-state index contributed by atoms with van der Waals surface area (Å²) in [4.78, 5) is 0. The predicted octanol–water partition coefficient (Wildman–Crippen LogP) is 6.16. The summed E-state index contributed by atoms with van der Waals surface area (Å²) < 4.78 is 0. The van der Waals surface area contributed by atoms with Crippen LogP contribution in [0.1, 0.15) is 82.3 Å². The third-order valence-corrected chi connectivity index (χ3v) is 5.83. The lowest BCUT2D eigenvalue weighted by Gasteiger charge is -2.26. The fourth-order valence-corrected chi connectivity index (χ4v) is 4.02. The molecule has 0 heteroatoms. The molecule has 0 bridgehead atoms. The molecule has 0 aromatic heterocycles. The molecular weight excluding hydrogens is 264 g/mol. The molecule has 0 unspecified atom stereocenters. The molecule has 2 saturated carbocycles. The van der Waals surface area contributed by atoms with Crippen molar-refractivity contribution in [3.63, 3.8) is 0 Å². The smallest absolute Gasteiger partial charge is 0.0245 e. The van der Waals surface area contributed by atoms with E-state index in [9.17, 15) is 0 Å². The summed E-state index contributed by atoms with van der Waals surface area (Å²) in [7, 11) is 0. The number of benzene rings is 1. The summed E-state index contributed by atoms with van der Waals surface area (Å²) >= 11 is 0. The summed E-state index contributed by atoms with van der Waals surface area (Å²) in [6.45, 7) is 4.76. The Labute approximate surface area is 136 Å². The van der Waals surface area contributed by atoms with Gasteiger partial charge in [-0.05, 0) is 74.0 Å². The topological polar surface area (TPSA) is 0 Å². The SMILES string of the molecule is CC1CCC(C#Cc2ccc(C3CCC(C)CC3)cc2)CC1. The van der Waals surface area contributed by atoms with Crippen molar-refractivity contribution in [1.82, 2.24) is 0 Å². The first-order valence-corrected chi connectivity index (χ1v) is 9.32. The van der Waals surface area contributed by atoms with Crippen LogP contribution in [0.25, 0.3) is 0 Å². The second kappa shape index (κ2) is 7.36. The van der Waals surface area contributed by atoms with Crippen LogP contribution in [0.5, 0.6) is 0 Å². The highest BCUT2D eigenvalue weighted by atomic mass is 14.2. The van der Waals surface area contributed by atoms with Crippen LogP contribution in [0.3, 0.4) is 0 Å². The summed E-state index contributed by atoms with van der Waals surface area (Å²) in [5.41, 5.74) is 2.73. The molecule has 0 saturated heterocycles. The molecule has 1 aromatic rings. The highest BCUT2D eigenvalue weighted by Gasteiger charge is 2.19. The van der Waals surface area contributed by atoms with Crippen LogP contribution in [-0.2, 0) is 0 Å². The van der Waals surface area contributed by atoms with Crippen LogP contribution in [-0.4, -0.2) is 0 Å². The lowest BCUT2D eigenvalue weighted by Crippen LogP contribution is -2.10. The summed E-state index contributed by atoms with van der Waals surface area (Å²) in [5.74, 6) is 10.2. The Kier molecular flexibility index (Phi) is 5.24. The standard InChI is InChI=1S/C22H30/c1-17-3-7-19(8-4-17)9-10-20-11-15-22(16-12-20)21-13-5-18(2)6-14-21/h11-12,15-19,21H,3-8,13-14H2,1-2H3. The second-order valence-electron chi connectivity index (χ2n) is 7.80. The molecule has 0 amide bonds. The van der Waals surface area contributed by atoms with E-state index in [1.807, 2.05) is 0 Å². The van der Waals surface area contributed by atoms with E-state index in [2.05, 4.69) is 50.0 Å². The molecule has 0 N–H and O–H groups in total. The molecule has 2 aliphatic carbocycles. The Morgan fingerprint density at radius 2 is 1.27 bits per heavy atom. The van der Waals surface area contributed by atoms with E-state index in [1.165, 1.54) is 62.5 Å². The summed E-state index contributed by atoms with van der Waals surface area (Å²) in [5, 5.41) is 0. The number of hydrogen-bond donors (Lipinski definition) is 0. The maximum Gasteiger partial charge on any atom is 0.0245 e. The van der Waals surface area contributed by atoms with E-state index in [-0.39, 0.29) is 0 Å². The maximum absolute atomic E-state index is 3.51. The first-order chi connectivity index (χ1) is 10.7. The zero-order chi connectivity index (χ0) is 15.4. The van der Waals surface area contributed by atoms with Crippen LogP contribution >= 0.6 is 0 Å². The average molecular weight is 294 g/mol. The van der Waals surface area contributed by atoms with Crippen molar-refractivity contribution >= 4 is 0 Å². The van der Waals surface area contributed by atoms with Crippen molar-refractivity contribution in [2.24, 2.45) is 17.8 Å². The van der Waals surface area contributed by atoms with Gasteiger partial charge in [0.2, 0.25) is 0 Å². The Balaban J connectivity index is 1.58. The maximum atomic E-state index is 3.51. The Morgan fingerprint density at radius 1 is 0.727 bits per heavy atom. The number of hydrogen-bond acceptors (Lipinski definition) is 0. The quantitative estimate of drug-likeness (QED) is 0.544. The molecule has 0 heterocycles. The van der Waals surface area contributed by atoms with Crippen molar-refractivity contribution < 1.29 is 0 Å². The predicted molar refractivity (Wildman–Crippen MR) is 94.8 cm³/mol. The van der Waals surface area contributed by atoms with Crippen molar-refractivity contribution in [2.75, 3.05) is 0 Å². The number of rotatable bonds is 1. The molecule has 3 rings (SSSR count). The first-order valence-electron chi connectivity index (χ1n) is 9.32. The van der Waals surface area contributed by atoms with E-state index in [0.29, 0.717) is 5.92 Å². The van der Waals surface area contributed by atoms with E-state index in [4.69, 9.17) is 0 Å². The molecule has 0 aliphatic heterocycles. The van der Waals surface area contributed by atoms with Gasteiger partial charge >= 0.3 is 0 Å². The van der Waals surface area contributed by atoms with Crippen molar-refractivity contribution in [2.45, 2.75) is 71.1 Å². The van der Waals surface area contributed by atoms with E-state index in [0.717, 1.165) is 17.8 Å². The fourth-order valence-electron chi connectivity index (χ4n) is 4.02. The lowest BCUT2D eigenvalue weighted by molar-refractivity contribution is 0.337. The van der Waals surface area contributed by atoms with Gasteiger partial charge in [-0.3, -0.25) is 0 Å². The Bertz CT molecular complexity index is 511. The van der Waals surface area contributed by atoms with E-state index < -0.39 is 0 Å². The zero-order valence-electron chi connectivity index (χ0n) is 14.3. The molecule has 22 heavy (non-hydrogen) atoms. The van der Waals surface area contributed by atoms with Crippen LogP contribution < -0.4 is 0 Å². The summed E-state index contributed by atoms with van der Waals surface area (Å²) in [6.07, 6.45) is 10.8. The van der Waals surface area contributed by atoms with Gasteiger partial charge in [0.05, 0.1) is 0 Å². The minimum Gasteiger partial charge on any atom is -0.0945 e. The highest BCUT2D eigenvalue weighted by molar-refractivity contribution is 5.37. The second-order valence-corrected chi connectivity index (χ2v) is 7.80. The van der Waals surface area contributed by atoms with Gasteiger partial charge in [0.15, 0.2) is 0 Å². The molecule has 0 spiro atoms. The normalized spacial score (nSPS) is 32.1. The monoisotopic (exact) mass is 294 g/mol. The largest absolute Gasteiger partial charge is 0.0945 e. The van der Waals surface area contributed by atoms with Crippen molar-refractivity contribution in [3.8, 4) is 11.8 Å². The molecule has 2 aliphatic rings. The van der Waals surface area contributed by atoms with Gasteiger partial charge in [-0.15, -0.1) is 0 Å². The molecule has 1 aromatic carbocycles. The minimum atomic E-state index is 0.635. The van der Waals surface area contributed by atoms with E-state index >= 15 is 0 Å². The molecule has 118 valence electrons. The lowest BCUT2D eigenvalue weighted by atomic mass is 9.79. The van der Waals surface area contributed by atoms with Crippen LogP contribution in [0.4, 0.5) is 0 Å². The molecule has 0 atom stereocenters. The van der Waals surface area contributed by atoms with Crippen molar-refractivity contribution in [1.29, 1.82) is 0 Å². The van der Waals surface area contributed by atoms with Gasteiger partial charge in [-0.2, -0.15) is 0 Å². The third kappa shape index (κ3) is 4.16. The van der Waals surface area contributed by atoms with Crippen LogP contribution in [0, 0.1) is 29.6 Å². The van der Waals surface area contributed by atoms with Crippen LogP contribution in [0.15, 0.2) is 24.3 Å². The highest BCUT2D eigenvalue weighted by Crippen LogP contribution is 2.35. The van der Waals surface area contributed by atoms with Gasteiger partial charge in [0.25, 0.3) is 0 Å². The molecular formula is C22H30. The van der Waals surface area contributed by atoms with Gasteiger partial charge < -0.3 is 0 Å². The van der Waals surface area contributed by atoms with Gasteiger partial charge in [0.1, 0.15) is 0 Å². The summed E-state index contributed by atoms with van der Waals surface area (Å²) in [6, 6.07) is 9.14. The van der Waals surface area contributed by atoms with Gasteiger partial charge in [0, 0.05) is 11.5 Å². The zero-order valence-corrected chi connectivity index (χ0v) is 14.3. The van der Waals surface area contributed by atoms with Gasteiger partial charge in [-0.1, -0.05) is 50.7 Å². The first kappa shape index (κ1) is 15.7. The molecule has 2 fully saturated rings. The van der Waals surface area contributed by atoms with Crippen molar-refractivity contribution in [3.05, 3.63) is 35.4 Å². The van der Waals surface area contributed by atoms with Gasteiger partial charge in [-0.25, -0.2) is 0 Å². The Morgan fingerprint density at radius 3 is 1.86 bits per heavy atom. The fraction of sp³-hybridized carbons (Fsp3) is 0.636. The average Bonchev–Trinajstić information content (AvgIpc) is 2.56. The molecule has 0 radical (unpaired) electrons. The van der Waals surface area contributed by atoms with E-state index in [1.54, 1.807) is 0 Å². The minimum absolute atomic E-state index is 0.635. The molecule has 0 nitrogen and oxygen atoms in total. The van der Waals surface area contributed by atoms with Crippen LogP contribution in [0.2, 0.25) is 0 Å². The third-order valence-electron chi connectivity index (χ3n) is 5.83. The Hall–Kier alpha value is -1.22.